The number of halogens is 1. The Hall–Kier alpha value is -1.86. The number of carboxylic acid groups (broad SMARTS) is 1. The summed E-state index contributed by atoms with van der Waals surface area (Å²) < 4.78 is 0.812. The zero-order chi connectivity index (χ0) is 15.2. The van der Waals surface area contributed by atoms with Gasteiger partial charge in [0.15, 0.2) is 0 Å². The number of hydrogen-bond donors (Lipinski definition) is 2. The number of benzene rings is 1. The predicted molar refractivity (Wildman–Crippen MR) is 84.7 cm³/mol. The average Bonchev–Trinajstić information content (AvgIpc) is 2.48. The van der Waals surface area contributed by atoms with Gasteiger partial charge in [0.25, 0.3) is 0 Å². The van der Waals surface area contributed by atoms with E-state index in [1.54, 1.807) is 12.1 Å². The van der Waals surface area contributed by atoms with E-state index in [-0.39, 0.29) is 17.2 Å². The van der Waals surface area contributed by atoms with Crippen molar-refractivity contribution in [2.24, 2.45) is 0 Å². The number of anilines is 1. The molecule has 0 aliphatic carbocycles. The molecule has 1 aromatic heterocycles. The van der Waals surface area contributed by atoms with Crippen LogP contribution in [0.4, 0.5) is 5.69 Å². The highest BCUT2D eigenvalue weighted by molar-refractivity contribution is 9.10. The quantitative estimate of drug-likeness (QED) is 0.793. The van der Waals surface area contributed by atoms with E-state index in [0.717, 1.165) is 4.47 Å². The molecule has 0 aliphatic heterocycles. The number of carbonyl (C=O) groups is 2. The summed E-state index contributed by atoms with van der Waals surface area (Å²) in [6, 6.07) is 10.4. The third-order valence-corrected chi connectivity index (χ3v) is 4.12. The Morgan fingerprint density at radius 2 is 2.00 bits per heavy atom. The number of carboxylic acids is 1. The smallest absolute Gasteiger partial charge is 0.337 e. The largest absolute Gasteiger partial charge is 0.478 e. The van der Waals surface area contributed by atoms with Crippen LogP contribution in [0.3, 0.4) is 0 Å². The first kappa shape index (κ1) is 15.5. The maximum Gasteiger partial charge on any atom is 0.337 e. The molecule has 1 heterocycles. The molecular weight excluding hydrogens is 356 g/mol. The molecule has 2 rings (SSSR count). The molecule has 1 amide bonds. The minimum absolute atomic E-state index is 0.122. The summed E-state index contributed by atoms with van der Waals surface area (Å²) in [7, 11) is 0. The highest BCUT2D eigenvalue weighted by Crippen LogP contribution is 2.22. The lowest BCUT2D eigenvalue weighted by Gasteiger charge is -2.06. The van der Waals surface area contributed by atoms with Crippen LogP contribution in [0.2, 0.25) is 0 Å². The number of aromatic carboxylic acids is 1. The molecule has 2 N–H and O–H groups in total. The second kappa shape index (κ2) is 7.24. The summed E-state index contributed by atoms with van der Waals surface area (Å²) >= 11 is 4.60. The summed E-state index contributed by atoms with van der Waals surface area (Å²) in [6.45, 7) is 0. The number of nitrogens with one attached hydrogen (secondary N) is 1. The highest BCUT2D eigenvalue weighted by Gasteiger charge is 2.07. The number of amides is 1. The second-order valence-electron chi connectivity index (χ2n) is 4.01. The Balaban J connectivity index is 1.89. The van der Waals surface area contributed by atoms with Gasteiger partial charge in [-0.25, -0.2) is 9.78 Å². The minimum Gasteiger partial charge on any atom is -0.478 e. The molecule has 0 saturated carbocycles. The molecule has 0 saturated heterocycles. The molecule has 0 atom stereocenters. The van der Waals surface area contributed by atoms with Crippen LogP contribution in [0.1, 0.15) is 10.4 Å². The van der Waals surface area contributed by atoms with Crippen LogP contribution >= 0.6 is 27.7 Å². The lowest BCUT2D eigenvalue weighted by molar-refractivity contribution is -0.113. The Labute approximate surface area is 133 Å². The van der Waals surface area contributed by atoms with Crippen molar-refractivity contribution in [1.29, 1.82) is 0 Å². The van der Waals surface area contributed by atoms with Gasteiger partial charge >= 0.3 is 5.97 Å². The molecule has 0 radical (unpaired) electrons. The third-order valence-electron chi connectivity index (χ3n) is 2.48. The number of carbonyl (C=O) groups excluding carboxylic acids is 1. The van der Waals surface area contributed by atoms with E-state index in [0.29, 0.717) is 10.7 Å². The molecule has 0 fully saturated rings. The number of nitrogens with zero attached hydrogens (tertiary/aromatic N) is 1. The lowest BCUT2D eigenvalue weighted by Crippen LogP contribution is -2.14. The van der Waals surface area contributed by atoms with Gasteiger partial charge in [-0.05, 0) is 40.2 Å². The van der Waals surface area contributed by atoms with Gasteiger partial charge in [0.1, 0.15) is 0 Å². The molecule has 5 nitrogen and oxygen atoms in total. The summed E-state index contributed by atoms with van der Waals surface area (Å²) in [5.41, 5.74) is 0.828. The first-order valence-electron chi connectivity index (χ1n) is 5.93. The van der Waals surface area contributed by atoms with Gasteiger partial charge < -0.3 is 10.4 Å². The predicted octanol–water partition coefficient (Wildman–Crippen LogP) is 3.27. The standard InChI is InChI=1S/C14H11BrN2O3S/c15-10-3-1-2-4-11(10)17-12(18)8-21-13-6-5-9(7-16-13)14(19)20/h1-7H,8H2,(H,17,18)(H,19,20). The lowest BCUT2D eigenvalue weighted by atomic mass is 10.3. The molecule has 0 spiro atoms. The van der Waals surface area contributed by atoms with Crippen LogP contribution < -0.4 is 5.32 Å². The number of thioether (sulfide) groups is 1. The van der Waals surface area contributed by atoms with Gasteiger partial charge in [-0.2, -0.15) is 0 Å². The van der Waals surface area contributed by atoms with Crippen molar-refractivity contribution in [3.8, 4) is 0 Å². The SMILES string of the molecule is O=C(CSc1ccc(C(=O)O)cn1)Nc1ccccc1Br. The van der Waals surface area contributed by atoms with Crippen molar-refractivity contribution in [1.82, 2.24) is 4.98 Å². The van der Waals surface area contributed by atoms with E-state index < -0.39 is 5.97 Å². The highest BCUT2D eigenvalue weighted by atomic mass is 79.9. The number of rotatable bonds is 5. The van der Waals surface area contributed by atoms with Gasteiger partial charge in [0.05, 0.1) is 22.0 Å². The van der Waals surface area contributed by atoms with Gasteiger partial charge in [-0.3, -0.25) is 4.79 Å². The molecule has 21 heavy (non-hydrogen) atoms. The van der Waals surface area contributed by atoms with E-state index in [1.807, 2.05) is 18.2 Å². The van der Waals surface area contributed by atoms with Crippen molar-refractivity contribution in [2.75, 3.05) is 11.1 Å². The maximum atomic E-state index is 11.8. The fourth-order valence-electron chi connectivity index (χ4n) is 1.48. The zero-order valence-corrected chi connectivity index (χ0v) is 13.1. The van der Waals surface area contributed by atoms with E-state index in [1.165, 1.54) is 24.0 Å². The van der Waals surface area contributed by atoms with E-state index in [9.17, 15) is 9.59 Å². The molecule has 1 aromatic carbocycles. The number of aromatic nitrogens is 1. The van der Waals surface area contributed by atoms with Gasteiger partial charge in [-0.15, -0.1) is 0 Å². The molecule has 108 valence electrons. The normalized spacial score (nSPS) is 10.1. The van der Waals surface area contributed by atoms with Crippen LogP contribution in [0.25, 0.3) is 0 Å². The first-order valence-corrected chi connectivity index (χ1v) is 7.70. The minimum atomic E-state index is -1.02. The van der Waals surface area contributed by atoms with Crippen LogP contribution in [-0.4, -0.2) is 27.7 Å². The molecular formula is C14H11BrN2O3S. The fourth-order valence-corrected chi connectivity index (χ4v) is 2.51. The summed E-state index contributed by atoms with van der Waals surface area (Å²) in [4.78, 5) is 26.5. The van der Waals surface area contributed by atoms with E-state index in [2.05, 4.69) is 26.2 Å². The topological polar surface area (TPSA) is 79.3 Å². The summed E-state index contributed by atoms with van der Waals surface area (Å²) in [6.07, 6.45) is 1.27. The third kappa shape index (κ3) is 4.57. The summed E-state index contributed by atoms with van der Waals surface area (Å²) in [5.74, 6) is -0.984. The maximum absolute atomic E-state index is 11.8. The molecule has 0 bridgehead atoms. The average molecular weight is 367 g/mol. The number of hydrogen-bond acceptors (Lipinski definition) is 4. The molecule has 0 aliphatic rings. The van der Waals surface area contributed by atoms with Crippen molar-refractivity contribution in [3.05, 3.63) is 52.6 Å². The number of para-hydroxylation sites is 1. The van der Waals surface area contributed by atoms with Gasteiger partial charge in [-0.1, -0.05) is 23.9 Å². The van der Waals surface area contributed by atoms with Crippen molar-refractivity contribution >= 4 is 45.3 Å². The van der Waals surface area contributed by atoms with Crippen molar-refractivity contribution in [2.45, 2.75) is 5.03 Å². The summed E-state index contributed by atoms with van der Waals surface area (Å²) in [5, 5.41) is 12.1. The Bertz CT molecular complexity index is 662. The molecule has 0 unspecified atom stereocenters. The van der Waals surface area contributed by atoms with Crippen LogP contribution in [0, 0.1) is 0 Å². The fraction of sp³-hybridized carbons (Fsp3) is 0.0714. The Kier molecular flexibility index (Phi) is 5.35. The van der Waals surface area contributed by atoms with Crippen molar-refractivity contribution in [3.63, 3.8) is 0 Å². The van der Waals surface area contributed by atoms with Crippen LogP contribution in [-0.2, 0) is 4.79 Å². The first-order chi connectivity index (χ1) is 10.1. The number of pyridine rings is 1. The molecule has 7 heteroatoms. The monoisotopic (exact) mass is 366 g/mol. The van der Waals surface area contributed by atoms with E-state index >= 15 is 0 Å². The Morgan fingerprint density at radius 3 is 2.62 bits per heavy atom. The zero-order valence-electron chi connectivity index (χ0n) is 10.7. The van der Waals surface area contributed by atoms with Crippen molar-refractivity contribution < 1.29 is 14.7 Å². The van der Waals surface area contributed by atoms with Gasteiger partial charge in [0.2, 0.25) is 5.91 Å². The van der Waals surface area contributed by atoms with Crippen LogP contribution in [0.5, 0.6) is 0 Å². The van der Waals surface area contributed by atoms with E-state index in [4.69, 9.17) is 5.11 Å². The second-order valence-corrected chi connectivity index (χ2v) is 5.86. The van der Waals surface area contributed by atoms with Gasteiger partial charge in [0, 0.05) is 10.7 Å². The Morgan fingerprint density at radius 1 is 1.24 bits per heavy atom. The van der Waals surface area contributed by atoms with Crippen LogP contribution in [0.15, 0.2) is 52.1 Å². The molecule has 2 aromatic rings.